The highest BCUT2D eigenvalue weighted by Crippen LogP contribution is 2.18. The van der Waals surface area contributed by atoms with Crippen LogP contribution in [-0.4, -0.2) is 42.0 Å². The largest absolute Gasteiger partial charge is 0.378 e. The lowest BCUT2D eigenvalue weighted by atomic mass is 10.1. The van der Waals surface area contributed by atoms with Crippen LogP contribution in [0.15, 0.2) is 28.7 Å². The quantitative estimate of drug-likeness (QED) is 0.619. The maximum absolute atomic E-state index is 12.2. The number of carbonyl (C=O) groups excluding carboxylic acids is 1. The smallest absolute Gasteiger partial charge is 0.221 e. The summed E-state index contributed by atoms with van der Waals surface area (Å²) < 4.78 is 6.02. The molecule has 1 aromatic rings. The highest BCUT2D eigenvalue weighted by Gasteiger charge is 2.22. The van der Waals surface area contributed by atoms with Gasteiger partial charge < -0.3 is 9.64 Å². The van der Waals surface area contributed by atoms with Crippen molar-refractivity contribution >= 4 is 38.9 Å². The van der Waals surface area contributed by atoms with Crippen LogP contribution in [0.5, 0.6) is 0 Å². The summed E-state index contributed by atoms with van der Waals surface area (Å²) in [5.41, 5.74) is 0.615. The Balaban J connectivity index is 2.14. The van der Waals surface area contributed by atoms with Gasteiger partial charge in [-0.1, -0.05) is 40.3 Å². The van der Waals surface area contributed by atoms with Crippen molar-refractivity contribution in [1.82, 2.24) is 4.90 Å². The molecule has 1 fully saturated rings. The van der Waals surface area contributed by atoms with E-state index in [-0.39, 0.29) is 5.78 Å². The lowest BCUT2D eigenvalue weighted by Gasteiger charge is -2.28. The number of ether oxygens (including phenoxy) is 1. The molecule has 2 rings (SSSR count). The Labute approximate surface area is 114 Å². The normalized spacial score (nSPS) is 15.7. The van der Waals surface area contributed by atoms with Crippen molar-refractivity contribution in [3.63, 3.8) is 0 Å². The van der Waals surface area contributed by atoms with Gasteiger partial charge in [0.2, 0.25) is 5.78 Å². The third kappa shape index (κ3) is 2.91. The number of hydrogen-bond acceptors (Lipinski definition) is 3. The van der Waals surface area contributed by atoms with E-state index in [0.717, 1.165) is 4.47 Å². The number of hydrogen-bond donors (Lipinski definition) is 0. The van der Waals surface area contributed by atoms with Gasteiger partial charge in [-0.15, -0.1) is 0 Å². The predicted octanol–water partition coefficient (Wildman–Crippen LogP) is 2.29. The monoisotopic (exact) mass is 313 g/mol. The van der Waals surface area contributed by atoms with Gasteiger partial charge in [-0.05, 0) is 12.1 Å². The molecule has 0 N–H and O–H groups in total. The van der Waals surface area contributed by atoms with Crippen LogP contribution in [0.25, 0.3) is 0 Å². The van der Waals surface area contributed by atoms with Gasteiger partial charge in [-0.2, -0.15) is 0 Å². The van der Waals surface area contributed by atoms with Crippen LogP contribution in [0.3, 0.4) is 0 Å². The zero-order chi connectivity index (χ0) is 12.3. The van der Waals surface area contributed by atoms with E-state index in [0.29, 0.717) is 36.9 Å². The average molecular weight is 314 g/mol. The van der Waals surface area contributed by atoms with Gasteiger partial charge in [0, 0.05) is 23.1 Å². The average Bonchev–Trinajstić information content (AvgIpc) is 2.39. The van der Waals surface area contributed by atoms with Crippen LogP contribution in [0.4, 0.5) is 0 Å². The molecule has 1 aliphatic rings. The third-order valence-corrected chi connectivity index (χ3v) is 3.75. The first-order valence-electron chi connectivity index (χ1n) is 5.36. The Kier molecular flexibility index (Phi) is 4.25. The molecule has 17 heavy (non-hydrogen) atoms. The number of ketones is 1. The van der Waals surface area contributed by atoms with E-state index in [1.807, 2.05) is 23.1 Å². The molecule has 1 saturated heterocycles. The molecule has 0 unspecified atom stereocenters. The van der Waals surface area contributed by atoms with E-state index in [4.69, 9.17) is 17.0 Å². The van der Waals surface area contributed by atoms with E-state index < -0.39 is 0 Å². The molecule has 1 aliphatic heterocycles. The van der Waals surface area contributed by atoms with E-state index in [1.54, 1.807) is 6.07 Å². The van der Waals surface area contributed by atoms with Crippen LogP contribution in [0.1, 0.15) is 10.4 Å². The standard InChI is InChI=1S/C12H12BrNO2S/c13-10-4-2-1-3-9(10)11(15)12(17)14-5-7-16-8-6-14/h1-4H,5-8H2. The third-order valence-electron chi connectivity index (χ3n) is 2.61. The second-order valence-electron chi connectivity index (χ2n) is 3.71. The number of morpholine rings is 1. The molecule has 0 radical (unpaired) electrons. The number of thiocarbonyl (C=S) groups is 1. The number of halogens is 1. The molecule has 0 saturated carbocycles. The van der Waals surface area contributed by atoms with Gasteiger partial charge in [-0.25, -0.2) is 0 Å². The number of benzene rings is 1. The predicted molar refractivity (Wildman–Crippen MR) is 73.5 cm³/mol. The zero-order valence-electron chi connectivity index (χ0n) is 9.19. The SMILES string of the molecule is O=C(C(=S)N1CCOCC1)c1ccccc1Br. The van der Waals surface area contributed by atoms with Crippen molar-refractivity contribution < 1.29 is 9.53 Å². The fourth-order valence-electron chi connectivity index (χ4n) is 1.67. The van der Waals surface area contributed by atoms with E-state index >= 15 is 0 Å². The van der Waals surface area contributed by atoms with Gasteiger partial charge in [0.25, 0.3) is 0 Å². The highest BCUT2D eigenvalue weighted by molar-refractivity contribution is 9.10. The minimum Gasteiger partial charge on any atom is -0.378 e. The summed E-state index contributed by atoms with van der Waals surface area (Å²) in [5, 5.41) is 0. The molecule has 90 valence electrons. The molecule has 0 aromatic heterocycles. The number of nitrogens with zero attached hydrogens (tertiary/aromatic N) is 1. The minimum absolute atomic E-state index is 0.102. The summed E-state index contributed by atoms with van der Waals surface area (Å²) in [5.74, 6) is -0.102. The topological polar surface area (TPSA) is 29.5 Å². The van der Waals surface area contributed by atoms with Crippen molar-refractivity contribution in [2.45, 2.75) is 0 Å². The molecule has 3 nitrogen and oxygen atoms in total. The molecule has 0 amide bonds. The lowest BCUT2D eigenvalue weighted by molar-refractivity contribution is 0.0670. The van der Waals surface area contributed by atoms with Crippen LogP contribution >= 0.6 is 28.1 Å². The first-order valence-corrected chi connectivity index (χ1v) is 6.56. The van der Waals surface area contributed by atoms with Crippen LogP contribution in [0, 0.1) is 0 Å². The highest BCUT2D eigenvalue weighted by atomic mass is 79.9. The Bertz CT molecular complexity index is 444. The summed E-state index contributed by atoms with van der Waals surface area (Å²) in [4.78, 5) is 14.5. The van der Waals surface area contributed by atoms with Gasteiger partial charge in [0.05, 0.1) is 13.2 Å². The fourth-order valence-corrected chi connectivity index (χ4v) is 2.43. The maximum atomic E-state index is 12.2. The fraction of sp³-hybridized carbons (Fsp3) is 0.333. The van der Waals surface area contributed by atoms with E-state index in [2.05, 4.69) is 15.9 Å². The van der Waals surface area contributed by atoms with Crippen molar-refractivity contribution in [1.29, 1.82) is 0 Å². The molecule has 0 bridgehead atoms. The summed E-state index contributed by atoms with van der Waals surface area (Å²) in [6.07, 6.45) is 0. The molecule has 0 spiro atoms. The number of rotatable bonds is 2. The Hall–Kier alpha value is -0.780. The van der Waals surface area contributed by atoms with Gasteiger partial charge in [-0.3, -0.25) is 4.79 Å². The molecule has 1 aromatic carbocycles. The first kappa shape index (κ1) is 12.7. The number of carbonyl (C=O) groups is 1. The van der Waals surface area contributed by atoms with Crippen LogP contribution < -0.4 is 0 Å². The summed E-state index contributed by atoms with van der Waals surface area (Å²) in [6.45, 7) is 2.64. The minimum atomic E-state index is -0.102. The van der Waals surface area contributed by atoms with Crippen molar-refractivity contribution in [2.24, 2.45) is 0 Å². The summed E-state index contributed by atoms with van der Waals surface area (Å²) in [6, 6.07) is 7.33. The van der Waals surface area contributed by atoms with Crippen LogP contribution in [-0.2, 0) is 4.74 Å². The van der Waals surface area contributed by atoms with Crippen molar-refractivity contribution in [3.05, 3.63) is 34.3 Å². The first-order chi connectivity index (χ1) is 8.20. The van der Waals surface area contributed by atoms with Gasteiger partial charge >= 0.3 is 0 Å². The lowest BCUT2D eigenvalue weighted by Crippen LogP contribution is -2.43. The maximum Gasteiger partial charge on any atom is 0.221 e. The van der Waals surface area contributed by atoms with Gasteiger partial charge in [0.1, 0.15) is 0 Å². The summed E-state index contributed by atoms with van der Waals surface area (Å²) >= 11 is 8.60. The van der Waals surface area contributed by atoms with E-state index in [9.17, 15) is 4.79 Å². The Morgan fingerprint density at radius 3 is 2.59 bits per heavy atom. The molecule has 5 heteroatoms. The van der Waals surface area contributed by atoms with Gasteiger partial charge in [0.15, 0.2) is 4.99 Å². The summed E-state index contributed by atoms with van der Waals surface area (Å²) in [7, 11) is 0. The zero-order valence-corrected chi connectivity index (χ0v) is 11.6. The molecule has 1 heterocycles. The van der Waals surface area contributed by atoms with Crippen molar-refractivity contribution in [3.8, 4) is 0 Å². The molecular formula is C12H12BrNO2S. The molecular weight excluding hydrogens is 302 g/mol. The van der Waals surface area contributed by atoms with Crippen LogP contribution in [0.2, 0.25) is 0 Å². The molecule has 0 aliphatic carbocycles. The number of Topliss-reactive ketones (excluding diaryl/α,β-unsaturated/α-hetero) is 1. The Morgan fingerprint density at radius 2 is 1.94 bits per heavy atom. The van der Waals surface area contributed by atoms with Crippen molar-refractivity contribution in [2.75, 3.05) is 26.3 Å². The second kappa shape index (κ2) is 5.71. The molecule has 0 atom stereocenters. The Morgan fingerprint density at radius 1 is 1.29 bits per heavy atom. The van der Waals surface area contributed by atoms with E-state index in [1.165, 1.54) is 0 Å². The second-order valence-corrected chi connectivity index (χ2v) is 4.95.